The number of benzene rings is 1. The Labute approximate surface area is 170 Å². The third kappa shape index (κ3) is 5.20. The first-order chi connectivity index (χ1) is 13.3. The van der Waals surface area contributed by atoms with Crippen molar-refractivity contribution >= 4 is 49.4 Å². The fourth-order valence-electron chi connectivity index (χ4n) is 2.65. The Bertz CT molecular complexity index is 1030. The number of sulfone groups is 1. The smallest absolute Gasteiger partial charge is 0.331 e. The third-order valence-electron chi connectivity index (χ3n) is 3.86. The molecule has 3 rings (SSSR count). The number of ether oxygens (including phenoxy) is 1. The van der Waals surface area contributed by atoms with Gasteiger partial charge in [0, 0.05) is 17.2 Å². The molecular weight excluding hydrogens is 450 g/mol. The summed E-state index contributed by atoms with van der Waals surface area (Å²) in [5, 5.41) is 1.09. The highest BCUT2D eigenvalue weighted by Crippen LogP contribution is 2.23. The number of hydrogen-bond donors (Lipinski definition) is 0. The van der Waals surface area contributed by atoms with Crippen LogP contribution in [0, 0.1) is 0 Å². The van der Waals surface area contributed by atoms with Gasteiger partial charge >= 0.3 is 5.97 Å². The van der Waals surface area contributed by atoms with Crippen molar-refractivity contribution in [2.75, 3.05) is 17.3 Å². The molecule has 0 fully saturated rings. The summed E-state index contributed by atoms with van der Waals surface area (Å²) in [6.07, 6.45) is 4.01. The number of halogens is 1. The molecule has 2 heterocycles. The summed E-state index contributed by atoms with van der Waals surface area (Å²) in [7, 11) is -3.36. The Morgan fingerprint density at radius 3 is 2.57 bits per heavy atom. The average Bonchev–Trinajstić information content (AvgIpc) is 3.24. The highest BCUT2D eigenvalue weighted by Gasteiger charge is 2.31. The second-order valence-electron chi connectivity index (χ2n) is 5.91. The fraction of sp³-hybridized carbons (Fsp3) is 0.158. The average molecular weight is 466 g/mol. The van der Waals surface area contributed by atoms with Crippen LogP contribution in [0.5, 0.6) is 0 Å². The summed E-state index contributed by atoms with van der Waals surface area (Å²) in [5.41, 5.74) is 0.520. The number of furan rings is 1. The molecule has 7 nitrogen and oxygen atoms in total. The fourth-order valence-corrected chi connectivity index (χ4v) is 4.23. The number of nitrogens with zero attached hydrogens (tertiary/aromatic N) is 1. The molecule has 0 saturated heterocycles. The Balaban J connectivity index is 1.67. The second kappa shape index (κ2) is 8.57. The van der Waals surface area contributed by atoms with Gasteiger partial charge in [-0.05, 0) is 52.3 Å². The molecule has 1 atom stereocenters. The third-order valence-corrected chi connectivity index (χ3v) is 5.67. The standard InChI is InChI=1S/C19H16BrNO6S/c20-17-8-6-16(27-17)7-9-19(23)26-12-18(22)21(14-4-2-1-3-5-14)15-10-11-28(24,25)13-15/h1-11,15H,12-13H2/b9-7+. The minimum atomic E-state index is -3.36. The van der Waals surface area contributed by atoms with Gasteiger partial charge in [-0.1, -0.05) is 18.2 Å². The van der Waals surface area contributed by atoms with Crippen LogP contribution in [0.15, 0.2) is 69.1 Å². The van der Waals surface area contributed by atoms with Crippen molar-refractivity contribution in [3.63, 3.8) is 0 Å². The van der Waals surface area contributed by atoms with Gasteiger partial charge in [0.1, 0.15) is 5.76 Å². The number of esters is 1. The Morgan fingerprint density at radius 1 is 1.21 bits per heavy atom. The van der Waals surface area contributed by atoms with Crippen molar-refractivity contribution in [3.05, 3.63) is 70.5 Å². The molecule has 2 aromatic rings. The molecule has 0 saturated carbocycles. The highest BCUT2D eigenvalue weighted by molar-refractivity contribution is 9.10. The van der Waals surface area contributed by atoms with Gasteiger partial charge in [-0.3, -0.25) is 4.79 Å². The normalized spacial score (nSPS) is 17.7. The van der Waals surface area contributed by atoms with Crippen LogP contribution in [-0.2, 0) is 24.2 Å². The number of amides is 1. The molecule has 1 aliphatic rings. The van der Waals surface area contributed by atoms with Gasteiger partial charge in [0.15, 0.2) is 21.1 Å². The maximum absolute atomic E-state index is 12.7. The molecule has 1 aliphatic heterocycles. The van der Waals surface area contributed by atoms with Crippen molar-refractivity contribution in [1.29, 1.82) is 0 Å². The van der Waals surface area contributed by atoms with Crippen molar-refractivity contribution in [3.8, 4) is 0 Å². The SMILES string of the molecule is O=C(/C=C/c1ccc(Br)o1)OCC(=O)N(c1ccccc1)C1C=CS(=O)(=O)C1. The van der Waals surface area contributed by atoms with E-state index >= 15 is 0 Å². The predicted octanol–water partition coefficient (Wildman–Crippen LogP) is 2.94. The number of hydrogen-bond acceptors (Lipinski definition) is 6. The van der Waals surface area contributed by atoms with Crippen LogP contribution in [0.3, 0.4) is 0 Å². The number of carbonyl (C=O) groups excluding carboxylic acids is 2. The number of rotatable bonds is 6. The van der Waals surface area contributed by atoms with E-state index in [0.717, 1.165) is 11.5 Å². The van der Waals surface area contributed by atoms with E-state index in [0.29, 0.717) is 16.1 Å². The van der Waals surface area contributed by atoms with Crippen molar-refractivity contribution in [1.82, 2.24) is 0 Å². The quantitative estimate of drug-likeness (QED) is 0.480. The van der Waals surface area contributed by atoms with Crippen molar-refractivity contribution in [2.45, 2.75) is 6.04 Å². The topological polar surface area (TPSA) is 93.9 Å². The van der Waals surface area contributed by atoms with Crippen molar-refractivity contribution < 1.29 is 27.2 Å². The number of anilines is 1. The maximum atomic E-state index is 12.7. The molecule has 0 radical (unpaired) electrons. The van der Waals surface area contributed by atoms with E-state index in [4.69, 9.17) is 9.15 Å². The van der Waals surface area contributed by atoms with E-state index in [1.54, 1.807) is 42.5 Å². The van der Waals surface area contributed by atoms with E-state index in [2.05, 4.69) is 15.9 Å². The van der Waals surface area contributed by atoms with Crippen LogP contribution in [0.4, 0.5) is 5.69 Å². The lowest BCUT2D eigenvalue weighted by Gasteiger charge is -2.27. The first-order valence-corrected chi connectivity index (χ1v) is 10.7. The molecule has 1 aromatic carbocycles. The van der Waals surface area contributed by atoms with E-state index < -0.39 is 34.4 Å². The van der Waals surface area contributed by atoms with Gasteiger partial charge in [0.2, 0.25) is 0 Å². The van der Waals surface area contributed by atoms with Crippen LogP contribution in [-0.4, -0.2) is 38.7 Å². The molecule has 0 N–H and O–H groups in total. The van der Waals surface area contributed by atoms with Gasteiger partial charge < -0.3 is 14.1 Å². The molecule has 28 heavy (non-hydrogen) atoms. The Morgan fingerprint density at radius 2 is 1.96 bits per heavy atom. The molecule has 1 aromatic heterocycles. The van der Waals surface area contributed by atoms with Crippen LogP contribution in [0.1, 0.15) is 5.76 Å². The highest BCUT2D eigenvalue weighted by atomic mass is 79.9. The monoisotopic (exact) mass is 465 g/mol. The maximum Gasteiger partial charge on any atom is 0.331 e. The van der Waals surface area contributed by atoms with Crippen LogP contribution < -0.4 is 4.90 Å². The summed E-state index contributed by atoms with van der Waals surface area (Å²) in [6.45, 7) is -0.524. The molecular formula is C19H16BrNO6S. The first kappa shape index (κ1) is 20.1. The summed E-state index contributed by atoms with van der Waals surface area (Å²) < 4.78 is 34.3. The lowest BCUT2D eigenvalue weighted by atomic mass is 10.2. The Hall–Kier alpha value is -2.65. The van der Waals surface area contributed by atoms with E-state index in [9.17, 15) is 18.0 Å². The lowest BCUT2D eigenvalue weighted by Crippen LogP contribution is -2.43. The molecule has 9 heteroatoms. The zero-order chi connectivity index (χ0) is 20.1. The molecule has 146 valence electrons. The number of carbonyl (C=O) groups is 2. The summed E-state index contributed by atoms with van der Waals surface area (Å²) in [4.78, 5) is 25.9. The predicted molar refractivity (Wildman–Crippen MR) is 107 cm³/mol. The Kier molecular flexibility index (Phi) is 6.15. The van der Waals surface area contributed by atoms with Crippen molar-refractivity contribution in [2.24, 2.45) is 0 Å². The first-order valence-electron chi connectivity index (χ1n) is 8.22. The van der Waals surface area contributed by atoms with Crippen LogP contribution >= 0.6 is 15.9 Å². The van der Waals surface area contributed by atoms with E-state index in [1.165, 1.54) is 17.1 Å². The van der Waals surface area contributed by atoms with Gasteiger partial charge in [-0.15, -0.1) is 0 Å². The minimum Gasteiger partial charge on any atom is -0.452 e. The lowest BCUT2D eigenvalue weighted by molar-refractivity contribution is -0.143. The summed E-state index contributed by atoms with van der Waals surface area (Å²) in [6, 6.07) is 11.3. The minimum absolute atomic E-state index is 0.213. The second-order valence-corrected chi connectivity index (χ2v) is 8.62. The van der Waals surface area contributed by atoms with Gasteiger partial charge in [0.05, 0.1) is 11.8 Å². The molecule has 1 amide bonds. The zero-order valence-corrected chi connectivity index (χ0v) is 16.9. The van der Waals surface area contributed by atoms with Gasteiger partial charge in [-0.2, -0.15) is 0 Å². The zero-order valence-electron chi connectivity index (χ0n) is 14.5. The molecule has 0 spiro atoms. The molecule has 1 unspecified atom stereocenters. The van der Waals surface area contributed by atoms with Crippen LogP contribution in [0.2, 0.25) is 0 Å². The van der Waals surface area contributed by atoms with Gasteiger partial charge in [-0.25, -0.2) is 13.2 Å². The van der Waals surface area contributed by atoms with E-state index in [1.807, 2.05) is 0 Å². The molecule has 0 aliphatic carbocycles. The molecule has 0 bridgehead atoms. The van der Waals surface area contributed by atoms with Crippen LogP contribution in [0.25, 0.3) is 6.08 Å². The van der Waals surface area contributed by atoms with Gasteiger partial charge in [0.25, 0.3) is 5.91 Å². The van der Waals surface area contributed by atoms with E-state index in [-0.39, 0.29) is 5.75 Å². The largest absolute Gasteiger partial charge is 0.452 e. The summed E-state index contributed by atoms with van der Waals surface area (Å²) >= 11 is 3.15. The number of para-hydroxylation sites is 1. The summed E-state index contributed by atoms with van der Waals surface area (Å²) in [5.74, 6) is -1.01.